The Balaban J connectivity index is 2.98. The molecule has 0 heterocycles. The van der Waals surface area contributed by atoms with Gasteiger partial charge in [-0.2, -0.15) is 5.26 Å². The van der Waals surface area contributed by atoms with Crippen molar-refractivity contribution in [3.8, 4) is 18.4 Å². The number of nitrogens with one attached hydrogen (secondary N) is 1. The quantitative estimate of drug-likeness (QED) is 0.796. The molecule has 0 aliphatic heterocycles. The summed E-state index contributed by atoms with van der Waals surface area (Å²) in [7, 11) is 3.96. The summed E-state index contributed by atoms with van der Waals surface area (Å²) in [6.07, 6.45) is 5.20. The zero-order chi connectivity index (χ0) is 12.9. The van der Waals surface area contributed by atoms with Crippen LogP contribution in [0.1, 0.15) is 12.5 Å². The molecule has 1 aromatic rings. The van der Waals surface area contributed by atoms with E-state index in [2.05, 4.69) is 17.3 Å². The number of nitriles is 1. The molecule has 0 spiro atoms. The number of terminal acetylenes is 1. The lowest BCUT2D eigenvalue weighted by atomic mass is 9.93. The monoisotopic (exact) mass is 227 g/mol. The Bertz CT molecular complexity index is 448. The fourth-order valence-electron chi connectivity index (χ4n) is 1.53. The average molecular weight is 227 g/mol. The molecule has 3 heteroatoms. The maximum Gasteiger partial charge on any atom is 0.130 e. The van der Waals surface area contributed by atoms with Crippen molar-refractivity contribution >= 4 is 5.69 Å². The van der Waals surface area contributed by atoms with Crippen molar-refractivity contribution in [3.63, 3.8) is 0 Å². The minimum absolute atomic E-state index is 0.374. The minimum atomic E-state index is -0.739. The third-order valence-corrected chi connectivity index (χ3v) is 2.73. The molecule has 0 aliphatic carbocycles. The van der Waals surface area contributed by atoms with Gasteiger partial charge in [0.1, 0.15) is 5.54 Å². The largest absolute Gasteiger partial charge is 0.378 e. The zero-order valence-corrected chi connectivity index (χ0v) is 10.5. The lowest BCUT2D eigenvalue weighted by Gasteiger charge is -2.23. The molecule has 0 radical (unpaired) electrons. The lowest BCUT2D eigenvalue weighted by Crippen LogP contribution is -2.38. The molecule has 0 saturated heterocycles. The first-order valence-corrected chi connectivity index (χ1v) is 5.41. The fraction of sp³-hybridized carbons (Fsp3) is 0.357. The summed E-state index contributed by atoms with van der Waals surface area (Å²) in [5.41, 5.74) is 1.28. The summed E-state index contributed by atoms with van der Waals surface area (Å²) in [5.74, 6) is 2.49. The van der Waals surface area contributed by atoms with Gasteiger partial charge in [0.15, 0.2) is 0 Å². The molecule has 88 valence electrons. The lowest BCUT2D eigenvalue weighted by molar-refractivity contribution is 0.498. The van der Waals surface area contributed by atoms with Crippen LogP contribution in [0.3, 0.4) is 0 Å². The topological polar surface area (TPSA) is 39.1 Å². The number of nitrogens with zero attached hydrogens (tertiary/aromatic N) is 2. The van der Waals surface area contributed by atoms with E-state index in [0.29, 0.717) is 6.54 Å². The molecule has 0 bridgehead atoms. The summed E-state index contributed by atoms with van der Waals surface area (Å²) in [6, 6.07) is 10.1. The van der Waals surface area contributed by atoms with Crippen molar-refractivity contribution in [3.05, 3.63) is 29.8 Å². The van der Waals surface area contributed by atoms with Gasteiger partial charge in [-0.05, 0) is 24.6 Å². The number of anilines is 1. The highest BCUT2D eigenvalue weighted by Gasteiger charge is 2.24. The normalized spacial score (nSPS) is 13.2. The van der Waals surface area contributed by atoms with E-state index in [0.717, 1.165) is 11.3 Å². The predicted molar refractivity (Wildman–Crippen MR) is 70.6 cm³/mol. The first-order chi connectivity index (χ1) is 8.03. The molecule has 0 amide bonds. The van der Waals surface area contributed by atoms with Gasteiger partial charge in [-0.25, -0.2) is 0 Å². The van der Waals surface area contributed by atoms with Gasteiger partial charge in [0.05, 0.1) is 12.6 Å². The Morgan fingerprint density at radius 1 is 1.35 bits per heavy atom. The second-order valence-corrected chi connectivity index (χ2v) is 4.24. The maximum atomic E-state index is 9.25. The number of hydrogen-bond donors (Lipinski definition) is 1. The van der Waals surface area contributed by atoms with E-state index < -0.39 is 5.54 Å². The summed E-state index contributed by atoms with van der Waals surface area (Å²) in [4.78, 5) is 2.02. The van der Waals surface area contributed by atoms with Gasteiger partial charge >= 0.3 is 0 Å². The zero-order valence-electron chi connectivity index (χ0n) is 10.5. The van der Waals surface area contributed by atoms with Crippen LogP contribution in [-0.2, 0) is 5.54 Å². The van der Waals surface area contributed by atoms with Crippen LogP contribution in [-0.4, -0.2) is 20.6 Å². The van der Waals surface area contributed by atoms with Gasteiger partial charge in [-0.3, -0.25) is 5.32 Å². The van der Waals surface area contributed by atoms with Crippen LogP contribution in [0.2, 0.25) is 0 Å². The first-order valence-electron chi connectivity index (χ1n) is 5.41. The molecule has 1 atom stereocenters. The molecular weight excluding hydrogens is 210 g/mol. The predicted octanol–water partition coefficient (Wildman–Crippen LogP) is 1.71. The highest BCUT2D eigenvalue weighted by atomic mass is 15.1. The van der Waals surface area contributed by atoms with E-state index in [1.165, 1.54) is 0 Å². The summed E-state index contributed by atoms with van der Waals surface area (Å²) in [6.45, 7) is 2.20. The van der Waals surface area contributed by atoms with Crippen molar-refractivity contribution < 1.29 is 0 Å². The van der Waals surface area contributed by atoms with Gasteiger partial charge in [-0.15, -0.1) is 6.42 Å². The molecule has 3 nitrogen and oxygen atoms in total. The van der Waals surface area contributed by atoms with Crippen LogP contribution in [0.4, 0.5) is 5.69 Å². The summed E-state index contributed by atoms with van der Waals surface area (Å²) in [5, 5.41) is 12.3. The minimum Gasteiger partial charge on any atom is -0.378 e. The molecule has 1 rings (SSSR count). The molecule has 0 fully saturated rings. The fourth-order valence-corrected chi connectivity index (χ4v) is 1.53. The van der Waals surface area contributed by atoms with E-state index >= 15 is 0 Å². The highest BCUT2D eigenvalue weighted by molar-refractivity contribution is 5.48. The van der Waals surface area contributed by atoms with Crippen molar-refractivity contribution in [2.45, 2.75) is 12.5 Å². The van der Waals surface area contributed by atoms with E-state index in [9.17, 15) is 5.26 Å². The molecule has 0 aliphatic rings. The second-order valence-electron chi connectivity index (χ2n) is 4.24. The van der Waals surface area contributed by atoms with Crippen molar-refractivity contribution in [2.24, 2.45) is 0 Å². The molecule has 0 aromatic heterocycles. The van der Waals surface area contributed by atoms with Gasteiger partial charge in [-0.1, -0.05) is 18.1 Å². The smallest absolute Gasteiger partial charge is 0.130 e. The Labute approximate surface area is 103 Å². The Hall–Kier alpha value is -1.97. The van der Waals surface area contributed by atoms with E-state index in [-0.39, 0.29) is 0 Å². The average Bonchev–Trinajstić information content (AvgIpc) is 2.36. The molecule has 0 saturated carbocycles. The molecule has 17 heavy (non-hydrogen) atoms. The van der Waals surface area contributed by atoms with Crippen LogP contribution >= 0.6 is 0 Å². The van der Waals surface area contributed by atoms with E-state index in [1.54, 1.807) is 0 Å². The van der Waals surface area contributed by atoms with Crippen LogP contribution in [0.25, 0.3) is 0 Å². The van der Waals surface area contributed by atoms with E-state index in [1.807, 2.05) is 50.2 Å². The van der Waals surface area contributed by atoms with E-state index in [4.69, 9.17) is 6.42 Å². The van der Waals surface area contributed by atoms with Crippen molar-refractivity contribution in [2.75, 3.05) is 25.5 Å². The molecule has 1 aromatic carbocycles. The Morgan fingerprint density at radius 2 is 1.94 bits per heavy atom. The van der Waals surface area contributed by atoms with Crippen LogP contribution < -0.4 is 10.2 Å². The van der Waals surface area contributed by atoms with Crippen LogP contribution in [0, 0.1) is 23.7 Å². The maximum absolute atomic E-state index is 9.25. The third kappa shape index (κ3) is 3.00. The second kappa shape index (κ2) is 5.39. The van der Waals surface area contributed by atoms with Gasteiger partial charge in [0.25, 0.3) is 0 Å². The SMILES string of the molecule is C#CCNC(C)(C#N)c1ccc(N(C)C)cc1. The molecule has 1 N–H and O–H groups in total. The van der Waals surface area contributed by atoms with Gasteiger partial charge in [0.2, 0.25) is 0 Å². The van der Waals surface area contributed by atoms with Gasteiger partial charge < -0.3 is 4.90 Å². The first kappa shape index (κ1) is 13.1. The van der Waals surface area contributed by atoms with Crippen molar-refractivity contribution in [1.82, 2.24) is 5.32 Å². The Morgan fingerprint density at radius 3 is 2.35 bits per heavy atom. The third-order valence-electron chi connectivity index (χ3n) is 2.73. The molecule has 1 unspecified atom stereocenters. The number of hydrogen-bond acceptors (Lipinski definition) is 3. The molecular formula is C14H17N3. The van der Waals surface area contributed by atoms with Crippen LogP contribution in [0.5, 0.6) is 0 Å². The van der Waals surface area contributed by atoms with Crippen molar-refractivity contribution in [1.29, 1.82) is 5.26 Å². The number of benzene rings is 1. The summed E-state index contributed by atoms with van der Waals surface area (Å²) >= 11 is 0. The Kier molecular flexibility index (Phi) is 4.15. The highest BCUT2D eigenvalue weighted by Crippen LogP contribution is 2.22. The van der Waals surface area contributed by atoms with Gasteiger partial charge in [0, 0.05) is 19.8 Å². The number of rotatable bonds is 4. The standard InChI is InChI=1S/C14H17N3/c1-5-10-16-14(2,11-15)12-6-8-13(9-7-12)17(3)4/h1,6-9,16H,10H2,2-4H3. The van der Waals surface area contributed by atoms with Crippen LogP contribution in [0.15, 0.2) is 24.3 Å². The summed E-state index contributed by atoms with van der Waals surface area (Å²) < 4.78 is 0.